The van der Waals surface area contributed by atoms with Gasteiger partial charge in [0.25, 0.3) is 5.79 Å². The van der Waals surface area contributed by atoms with Gasteiger partial charge in [-0.25, -0.2) is 9.78 Å². The van der Waals surface area contributed by atoms with Crippen molar-refractivity contribution < 1.29 is 37.2 Å². The molecule has 4 aliphatic heterocycles. The van der Waals surface area contributed by atoms with Crippen LogP contribution in [-0.2, 0) is 24.0 Å². The molecule has 0 amide bonds. The van der Waals surface area contributed by atoms with Gasteiger partial charge in [0, 0.05) is 24.8 Å². The Bertz CT molecular complexity index is 592. The summed E-state index contributed by atoms with van der Waals surface area (Å²) in [5.41, 5.74) is 4.36. The van der Waals surface area contributed by atoms with Crippen molar-refractivity contribution in [2.45, 2.75) is 76.1 Å². The molecule has 8 atom stereocenters. The summed E-state index contributed by atoms with van der Waals surface area (Å²) >= 11 is 0. The van der Waals surface area contributed by atoms with Crippen LogP contribution in [0.1, 0.15) is 46.5 Å². The molecule has 1 unspecified atom stereocenters. The fraction of sp³-hybridized carbons (Fsp3) is 1.00. The van der Waals surface area contributed by atoms with Gasteiger partial charge < -0.3 is 19.9 Å². The van der Waals surface area contributed by atoms with Crippen LogP contribution in [0.25, 0.3) is 0 Å². The van der Waals surface area contributed by atoms with Gasteiger partial charge in [-0.2, -0.15) is 13.2 Å². The second kappa shape index (κ2) is 6.27. The Balaban J connectivity index is 1.82. The largest absolute Gasteiger partial charge is 0.443 e. The molecule has 0 aromatic rings. The van der Waals surface area contributed by atoms with E-state index >= 15 is 0 Å². The molecule has 156 valence electrons. The van der Waals surface area contributed by atoms with Gasteiger partial charge in [-0.3, -0.25) is 0 Å². The van der Waals surface area contributed by atoms with Crippen LogP contribution in [-0.4, -0.2) is 42.8 Å². The maximum atomic E-state index is 14.2. The van der Waals surface area contributed by atoms with E-state index in [1.807, 2.05) is 0 Å². The Morgan fingerprint density at radius 2 is 1.81 bits per heavy atom. The molecule has 5 rings (SSSR count). The van der Waals surface area contributed by atoms with Crippen LogP contribution in [0.15, 0.2) is 0 Å². The summed E-state index contributed by atoms with van der Waals surface area (Å²) in [5, 5.41) is 0. The Kier molecular flexibility index (Phi) is 4.61. The van der Waals surface area contributed by atoms with Gasteiger partial charge in [-0.05, 0) is 38.0 Å². The first-order valence-corrected chi connectivity index (χ1v) is 9.73. The molecule has 4 heterocycles. The van der Waals surface area contributed by atoms with E-state index in [1.54, 1.807) is 6.92 Å². The van der Waals surface area contributed by atoms with E-state index in [0.717, 1.165) is 12.8 Å². The minimum absolute atomic E-state index is 0.00577. The van der Waals surface area contributed by atoms with Crippen molar-refractivity contribution in [1.82, 2.24) is 0 Å². The second-order valence-electron chi connectivity index (χ2n) is 8.62. The smallest absolute Gasteiger partial charge is 0.341 e. The molecule has 0 aromatic carbocycles. The highest BCUT2D eigenvalue weighted by Crippen LogP contribution is 2.64. The quantitative estimate of drug-likeness (QED) is 0.741. The summed E-state index contributed by atoms with van der Waals surface area (Å²) in [6.45, 7) is 5.01. The van der Waals surface area contributed by atoms with Gasteiger partial charge in [0.1, 0.15) is 0 Å². The molecule has 1 spiro atoms. The summed E-state index contributed by atoms with van der Waals surface area (Å²) in [4.78, 5) is 11.5. The van der Waals surface area contributed by atoms with Gasteiger partial charge in [-0.15, -0.1) is 0 Å². The van der Waals surface area contributed by atoms with Crippen molar-refractivity contribution in [2.24, 2.45) is 29.4 Å². The number of rotatable bonds is 3. The van der Waals surface area contributed by atoms with E-state index in [0.29, 0.717) is 12.8 Å². The predicted molar refractivity (Wildman–Crippen MR) is 86.8 cm³/mol. The predicted octanol–water partition coefficient (Wildman–Crippen LogP) is 3.10. The van der Waals surface area contributed by atoms with Crippen molar-refractivity contribution in [1.29, 1.82) is 0 Å². The topological polar surface area (TPSA) is 72.2 Å². The summed E-state index contributed by atoms with van der Waals surface area (Å²) in [5.74, 6) is -5.11. The Hall–Kier alpha value is -0.450. The van der Waals surface area contributed by atoms with E-state index in [-0.39, 0.29) is 25.0 Å². The van der Waals surface area contributed by atoms with E-state index in [2.05, 4.69) is 6.92 Å². The van der Waals surface area contributed by atoms with Crippen LogP contribution in [0.2, 0.25) is 0 Å². The maximum absolute atomic E-state index is 14.2. The first-order valence-electron chi connectivity index (χ1n) is 9.73. The highest BCUT2D eigenvalue weighted by Gasteiger charge is 2.77. The third kappa shape index (κ3) is 2.62. The zero-order valence-corrected chi connectivity index (χ0v) is 15.9. The van der Waals surface area contributed by atoms with E-state index in [4.69, 9.17) is 29.7 Å². The first-order chi connectivity index (χ1) is 12.6. The Labute approximate surface area is 156 Å². The van der Waals surface area contributed by atoms with Gasteiger partial charge >= 0.3 is 6.18 Å². The molecule has 5 fully saturated rings. The van der Waals surface area contributed by atoms with E-state index in [1.165, 1.54) is 6.92 Å². The molecule has 1 saturated carbocycles. The number of halogens is 3. The van der Waals surface area contributed by atoms with Crippen LogP contribution in [0.5, 0.6) is 0 Å². The Morgan fingerprint density at radius 3 is 2.48 bits per heavy atom. The van der Waals surface area contributed by atoms with Crippen molar-refractivity contribution in [3.63, 3.8) is 0 Å². The summed E-state index contributed by atoms with van der Waals surface area (Å²) in [7, 11) is 0. The number of alkyl halides is 3. The third-order valence-corrected chi connectivity index (χ3v) is 7.09. The highest BCUT2D eigenvalue weighted by molar-refractivity contribution is 5.12. The number of nitrogens with two attached hydrogens (primary N) is 1. The molecule has 0 aromatic heterocycles. The number of hydrogen-bond acceptors (Lipinski definition) is 6. The zero-order chi connectivity index (χ0) is 19.7. The molecular formula is C18H28F3NO5. The van der Waals surface area contributed by atoms with Crippen LogP contribution in [0, 0.1) is 23.7 Å². The highest BCUT2D eigenvalue weighted by atomic mass is 19.4. The molecular weight excluding hydrogens is 367 g/mol. The SMILES string of the molecule is C[C@@H]1CC[C@H]2[C@@H](C)[C@](OCCN)(C(F)(F)F)O[C@@H]3O[C@]4(C)CCC1[C@]32OO4. The van der Waals surface area contributed by atoms with E-state index in [9.17, 15) is 13.2 Å². The van der Waals surface area contributed by atoms with Crippen LogP contribution in [0.3, 0.4) is 0 Å². The number of hydrogen-bond donors (Lipinski definition) is 1. The number of ether oxygens (including phenoxy) is 3. The fourth-order valence-corrected chi connectivity index (χ4v) is 5.70. The van der Waals surface area contributed by atoms with Crippen molar-refractivity contribution in [2.75, 3.05) is 13.2 Å². The van der Waals surface area contributed by atoms with Crippen molar-refractivity contribution in [3.8, 4) is 0 Å². The first kappa shape index (κ1) is 19.8. The van der Waals surface area contributed by atoms with Crippen molar-refractivity contribution in [3.05, 3.63) is 0 Å². The standard InChI is InChI=1S/C18H28F3NO5/c1-10-4-5-13-11(2)17(18(19,20)21,23-9-8-22)25-14-16(13)12(10)6-7-15(3,24-14)26-27-16/h10-14H,4-9,22H2,1-3H3/t10-,11-,12?,13+,14+,15+,16-,17-/m1/s1. The summed E-state index contributed by atoms with van der Waals surface area (Å²) < 4.78 is 59.7. The zero-order valence-electron chi connectivity index (χ0n) is 15.9. The maximum Gasteiger partial charge on any atom is 0.443 e. The molecule has 6 nitrogen and oxygen atoms in total. The van der Waals surface area contributed by atoms with Crippen LogP contribution < -0.4 is 5.73 Å². The third-order valence-electron chi connectivity index (χ3n) is 7.09. The molecule has 2 bridgehead atoms. The molecule has 1 aliphatic carbocycles. The number of fused-ring (bicyclic) bond motifs is 2. The molecule has 27 heavy (non-hydrogen) atoms. The molecule has 5 aliphatic rings. The summed E-state index contributed by atoms with van der Waals surface area (Å²) in [6.07, 6.45) is -3.28. The van der Waals surface area contributed by atoms with Gasteiger partial charge in [-0.1, -0.05) is 13.8 Å². The van der Waals surface area contributed by atoms with Gasteiger partial charge in [0.2, 0.25) is 5.79 Å². The second-order valence-corrected chi connectivity index (χ2v) is 8.62. The lowest BCUT2D eigenvalue weighted by molar-refractivity contribution is -0.598. The fourth-order valence-electron chi connectivity index (χ4n) is 5.70. The molecule has 0 radical (unpaired) electrons. The lowest BCUT2D eigenvalue weighted by Crippen LogP contribution is -2.76. The average Bonchev–Trinajstić information content (AvgIpc) is 2.82. The van der Waals surface area contributed by atoms with Crippen molar-refractivity contribution >= 4 is 0 Å². The van der Waals surface area contributed by atoms with Crippen LogP contribution in [0.4, 0.5) is 13.2 Å². The normalized spacial score (nSPS) is 52.3. The van der Waals surface area contributed by atoms with Gasteiger partial charge in [0.15, 0.2) is 11.9 Å². The minimum atomic E-state index is -4.74. The lowest BCUT2D eigenvalue weighted by atomic mass is 9.57. The van der Waals surface area contributed by atoms with Gasteiger partial charge in [0.05, 0.1) is 6.61 Å². The Morgan fingerprint density at radius 1 is 1.07 bits per heavy atom. The lowest BCUT2D eigenvalue weighted by Gasteiger charge is -2.62. The minimum Gasteiger partial charge on any atom is -0.341 e. The average molecular weight is 395 g/mol. The molecule has 2 N–H and O–H groups in total. The molecule has 9 heteroatoms. The van der Waals surface area contributed by atoms with Crippen LogP contribution >= 0.6 is 0 Å². The summed E-state index contributed by atoms with van der Waals surface area (Å²) in [6, 6.07) is 0. The van der Waals surface area contributed by atoms with E-state index < -0.39 is 41.5 Å². The molecule has 4 saturated heterocycles. The monoisotopic (exact) mass is 395 g/mol.